The molecule has 0 saturated carbocycles. The zero-order valence-electron chi connectivity index (χ0n) is 22.5. The van der Waals surface area contributed by atoms with Gasteiger partial charge in [0.25, 0.3) is 0 Å². The molecule has 4 rings (SSSR count). The highest BCUT2D eigenvalue weighted by molar-refractivity contribution is 5.71. The van der Waals surface area contributed by atoms with E-state index in [1.54, 1.807) is 24.3 Å². The van der Waals surface area contributed by atoms with Crippen molar-refractivity contribution < 1.29 is 17.9 Å². The second kappa shape index (κ2) is 13.8. The molecule has 0 amide bonds. The zero-order chi connectivity index (χ0) is 26.9. The first-order chi connectivity index (χ1) is 18.5. The number of unbranched alkanes of at least 4 members (excludes halogenated alkanes) is 4. The van der Waals surface area contributed by atoms with Crippen LogP contribution in [0.25, 0.3) is 22.3 Å². The maximum absolute atomic E-state index is 15.1. The Kier molecular flexibility index (Phi) is 10.2. The molecule has 1 saturated heterocycles. The molecular formula is C34H39F3O. The van der Waals surface area contributed by atoms with E-state index in [9.17, 15) is 8.78 Å². The van der Waals surface area contributed by atoms with Gasteiger partial charge < -0.3 is 4.74 Å². The molecule has 0 spiro atoms. The number of hydrogen-bond acceptors (Lipinski definition) is 1. The summed E-state index contributed by atoms with van der Waals surface area (Å²) in [6.07, 6.45) is 11.5. The fourth-order valence-corrected chi connectivity index (χ4v) is 5.37. The van der Waals surface area contributed by atoms with Crippen molar-refractivity contribution in [2.45, 2.75) is 77.2 Å². The van der Waals surface area contributed by atoms with Crippen LogP contribution in [0.1, 0.15) is 81.9 Å². The number of halogens is 3. The summed E-state index contributed by atoms with van der Waals surface area (Å²) in [5.74, 6) is -1.33. The first kappa shape index (κ1) is 28.2. The molecule has 0 N–H and O–H groups in total. The Bertz CT molecular complexity index is 1190. The Balaban J connectivity index is 1.41. The van der Waals surface area contributed by atoms with Crippen LogP contribution in [0.4, 0.5) is 13.2 Å². The van der Waals surface area contributed by atoms with E-state index < -0.39 is 11.6 Å². The van der Waals surface area contributed by atoms with Crippen LogP contribution >= 0.6 is 0 Å². The Morgan fingerprint density at radius 3 is 2.26 bits per heavy atom. The lowest BCUT2D eigenvalue weighted by Crippen LogP contribution is -2.21. The van der Waals surface area contributed by atoms with Gasteiger partial charge in [-0.25, -0.2) is 13.2 Å². The van der Waals surface area contributed by atoms with Gasteiger partial charge in [-0.05, 0) is 72.8 Å². The van der Waals surface area contributed by atoms with Gasteiger partial charge in [0.1, 0.15) is 5.82 Å². The molecule has 1 aliphatic rings. The Hall–Kier alpha value is -2.85. The van der Waals surface area contributed by atoms with E-state index in [0.717, 1.165) is 62.5 Å². The molecule has 1 nitrogen and oxygen atoms in total. The molecule has 0 aromatic heterocycles. The second-order valence-corrected chi connectivity index (χ2v) is 10.5. The predicted octanol–water partition coefficient (Wildman–Crippen LogP) is 10.4. The van der Waals surface area contributed by atoms with Crippen LogP contribution in [0.3, 0.4) is 0 Å². The van der Waals surface area contributed by atoms with Gasteiger partial charge in [-0.3, -0.25) is 0 Å². The highest BCUT2D eigenvalue weighted by atomic mass is 19.2. The number of ether oxygens (including phenoxy) is 1. The van der Waals surface area contributed by atoms with Crippen molar-refractivity contribution in [1.29, 1.82) is 0 Å². The summed E-state index contributed by atoms with van der Waals surface area (Å²) in [7, 11) is 0. The molecule has 1 fully saturated rings. The van der Waals surface area contributed by atoms with Crippen LogP contribution in [-0.2, 0) is 11.2 Å². The lowest BCUT2D eigenvalue weighted by Gasteiger charge is -2.29. The van der Waals surface area contributed by atoms with Gasteiger partial charge in [0.2, 0.25) is 0 Å². The summed E-state index contributed by atoms with van der Waals surface area (Å²) in [4.78, 5) is 0. The first-order valence-corrected chi connectivity index (χ1v) is 14.1. The van der Waals surface area contributed by atoms with Crippen molar-refractivity contribution in [2.24, 2.45) is 5.92 Å². The lowest BCUT2D eigenvalue weighted by atomic mass is 9.90. The fraction of sp³-hybridized carbons (Fsp3) is 0.412. The molecule has 3 aromatic carbocycles. The maximum atomic E-state index is 15.1. The Morgan fingerprint density at radius 2 is 1.58 bits per heavy atom. The van der Waals surface area contributed by atoms with Crippen LogP contribution in [0.2, 0.25) is 0 Å². The molecule has 1 heterocycles. The SMILES string of the molecule is C=CCCC1CCC(c2ccc(-c3ccc(-c4ccc(CCCCCCC)c(F)c4F)cc3)cc2F)OC1. The Labute approximate surface area is 225 Å². The summed E-state index contributed by atoms with van der Waals surface area (Å²) in [6.45, 7) is 6.58. The largest absolute Gasteiger partial charge is 0.373 e. The molecular weight excluding hydrogens is 481 g/mol. The van der Waals surface area contributed by atoms with Crippen molar-refractivity contribution in [2.75, 3.05) is 6.61 Å². The van der Waals surface area contributed by atoms with E-state index in [-0.39, 0.29) is 17.5 Å². The summed E-state index contributed by atoms with van der Waals surface area (Å²) in [5.41, 5.74) is 3.42. The van der Waals surface area contributed by atoms with Crippen LogP contribution in [-0.4, -0.2) is 6.61 Å². The molecule has 0 aliphatic carbocycles. The van der Waals surface area contributed by atoms with E-state index in [1.165, 1.54) is 12.5 Å². The molecule has 202 valence electrons. The van der Waals surface area contributed by atoms with Crippen molar-refractivity contribution in [3.63, 3.8) is 0 Å². The standard InChI is InChI=1S/C34H39F3O/c1-3-5-7-8-9-11-27-17-19-29(34(37)33(27)36)26-15-13-25(14-16-26)28-18-20-30(31(35)22-28)32-21-12-24(23-38-32)10-6-4-2/h4,13-20,22,24,32H,2-3,5-12,21,23H2,1H3. The number of allylic oxidation sites excluding steroid dienone is 1. The molecule has 4 heteroatoms. The minimum Gasteiger partial charge on any atom is -0.373 e. The van der Waals surface area contributed by atoms with Crippen LogP contribution < -0.4 is 0 Å². The van der Waals surface area contributed by atoms with Gasteiger partial charge in [0, 0.05) is 11.1 Å². The molecule has 0 radical (unpaired) electrons. The third-order valence-corrected chi connectivity index (χ3v) is 7.74. The first-order valence-electron chi connectivity index (χ1n) is 14.1. The quantitative estimate of drug-likeness (QED) is 0.170. The van der Waals surface area contributed by atoms with Crippen molar-refractivity contribution in [3.8, 4) is 22.3 Å². The third-order valence-electron chi connectivity index (χ3n) is 7.74. The van der Waals surface area contributed by atoms with Gasteiger partial charge >= 0.3 is 0 Å². The van der Waals surface area contributed by atoms with Gasteiger partial charge in [-0.1, -0.05) is 87.2 Å². The van der Waals surface area contributed by atoms with E-state index in [1.807, 2.05) is 30.3 Å². The monoisotopic (exact) mass is 520 g/mol. The van der Waals surface area contributed by atoms with Crippen molar-refractivity contribution in [1.82, 2.24) is 0 Å². The van der Waals surface area contributed by atoms with Gasteiger partial charge in [-0.15, -0.1) is 6.58 Å². The number of rotatable bonds is 12. The molecule has 2 unspecified atom stereocenters. The Morgan fingerprint density at radius 1 is 0.842 bits per heavy atom. The normalized spacial score (nSPS) is 17.5. The van der Waals surface area contributed by atoms with E-state index in [4.69, 9.17) is 4.74 Å². The summed E-state index contributed by atoms with van der Waals surface area (Å²) >= 11 is 0. The maximum Gasteiger partial charge on any atom is 0.166 e. The van der Waals surface area contributed by atoms with Gasteiger partial charge in [0.15, 0.2) is 11.6 Å². The van der Waals surface area contributed by atoms with Crippen LogP contribution in [0.5, 0.6) is 0 Å². The minimum absolute atomic E-state index is 0.219. The summed E-state index contributed by atoms with van der Waals surface area (Å²) in [5, 5.41) is 0. The third kappa shape index (κ3) is 6.96. The molecule has 3 aromatic rings. The van der Waals surface area contributed by atoms with Gasteiger partial charge in [-0.2, -0.15) is 0 Å². The molecule has 0 bridgehead atoms. The number of benzene rings is 3. The second-order valence-electron chi connectivity index (χ2n) is 10.5. The summed E-state index contributed by atoms with van der Waals surface area (Å²) in [6, 6.07) is 15.8. The van der Waals surface area contributed by atoms with E-state index >= 15 is 4.39 Å². The highest BCUT2D eigenvalue weighted by Crippen LogP contribution is 2.35. The smallest absolute Gasteiger partial charge is 0.166 e. The topological polar surface area (TPSA) is 9.23 Å². The van der Waals surface area contributed by atoms with Crippen molar-refractivity contribution >= 4 is 0 Å². The molecule has 1 aliphatic heterocycles. The minimum atomic E-state index is -0.807. The van der Waals surface area contributed by atoms with Gasteiger partial charge in [0.05, 0.1) is 12.7 Å². The predicted molar refractivity (Wildman–Crippen MR) is 150 cm³/mol. The summed E-state index contributed by atoms with van der Waals surface area (Å²) < 4.78 is 50.7. The lowest BCUT2D eigenvalue weighted by molar-refractivity contribution is -0.0207. The average Bonchev–Trinajstić information content (AvgIpc) is 2.94. The van der Waals surface area contributed by atoms with Crippen LogP contribution in [0, 0.1) is 23.4 Å². The molecule has 2 atom stereocenters. The van der Waals surface area contributed by atoms with E-state index in [2.05, 4.69) is 13.5 Å². The highest BCUT2D eigenvalue weighted by Gasteiger charge is 2.25. The fourth-order valence-electron chi connectivity index (χ4n) is 5.37. The zero-order valence-corrected chi connectivity index (χ0v) is 22.5. The average molecular weight is 521 g/mol. The molecule has 38 heavy (non-hydrogen) atoms. The van der Waals surface area contributed by atoms with Crippen LogP contribution in [0.15, 0.2) is 67.3 Å². The number of hydrogen-bond donors (Lipinski definition) is 0. The number of aryl methyl sites for hydroxylation is 1. The van der Waals surface area contributed by atoms with E-state index in [0.29, 0.717) is 35.6 Å². The van der Waals surface area contributed by atoms with Crippen molar-refractivity contribution in [3.05, 3.63) is 95.8 Å².